The van der Waals surface area contributed by atoms with Crippen molar-refractivity contribution in [2.24, 2.45) is 5.92 Å². The number of hydrogen-bond donors (Lipinski definition) is 1. The zero-order valence-corrected chi connectivity index (χ0v) is 16.8. The smallest absolute Gasteiger partial charge is 0.261 e. The molecular weight excluding hydrogens is 358 g/mol. The van der Waals surface area contributed by atoms with E-state index in [1.165, 1.54) is 12.8 Å². The Kier molecular flexibility index (Phi) is 4.26. The fourth-order valence-electron chi connectivity index (χ4n) is 3.32. The summed E-state index contributed by atoms with van der Waals surface area (Å²) in [6.07, 6.45) is 2.55. The van der Waals surface area contributed by atoms with E-state index >= 15 is 0 Å². The van der Waals surface area contributed by atoms with E-state index in [0.29, 0.717) is 5.69 Å². The number of fused-ring (bicyclic) bond motifs is 1. The quantitative estimate of drug-likeness (QED) is 0.703. The Bertz CT molecular complexity index is 1080. The van der Waals surface area contributed by atoms with Crippen molar-refractivity contribution in [1.29, 1.82) is 0 Å². The van der Waals surface area contributed by atoms with Crippen LogP contribution in [0.4, 0.5) is 5.69 Å². The average Bonchev–Trinajstić information content (AvgIpc) is 3.35. The molecule has 0 unspecified atom stereocenters. The van der Waals surface area contributed by atoms with E-state index < -0.39 is 10.0 Å². The van der Waals surface area contributed by atoms with Gasteiger partial charge in [0.25, 0.3) is 10.0 Å². The Labute approximate surface area is 160 Å². The molecule has 0 amide bonds. The van der Waals surface area contributed by atoms with Crippen LogP contribution in [-0.4, -0.2) is 18.0 Å². The third kappa shape index (κ3) is 3.72. The highest BCUT2D eigenvalue weighted by molar-refractivity contribution is 7.92. The van der Waals surface area contributed by atoms with Crippen molar-refractivity contribution >= 4 is 26.7 Å². The van der Waals surface area contributed by atoms with E-state index in [4.69, 9.17) is 4.98 Å². The van der Waals surface area contributed by atoms with Gasteiger partial charge < -0.3 is 4.57 Å². The Morgan fingerprint density at radius 1 is 1.11 bits per heavy atom. The monoisotopic (exact) mass is 383 g/mol. The van der Waals surface area contributed by atoms with Gasteiger partial charge in [-0.1, -0.05) is 39.0 Å². The molecule has 0 aliphatic heterocycles. The van der Waals surface area contributed by atoms with E-state index in [-0.39, 0.29) is 10.3 Å². The Hall–Kier alpha value is -2.34. The van der Waals surface area contributed by atoms with Gasteiger partial charge >= 0.3 is 0 Å². The first-order valence-corrected chi connectivity index (χ1v) is 10.8. The van der Waals surface area contributed by atoms with Gasteiger partial charge in [0.05, 0.1) is 21.6 Å². The van der Waals surface area contributed by atoms with Crippen LogP contribution < -0.4 is 4.72 Å². The summed E-state index contributed by atoms with van der Waals surface area (Å²) in [6, 6.07) is 14.0. The maximum Gasteiger partial charge on any atom is 0.261 e. The fraction of sp³-hybridized carbons (Fsp3) is 0.381. The van der Waals surface area contributed by atoms with Gasteiger partial charge in [-0.3, -0.25) is 4.72 Å². The molecule has 1 N–H and O–H groups in total. The minimum Gasteiger partial charge on any atom is -0.327 e. The van der Waals surface area contributed by atoms with Gasteiger partial charge in [0, 0.05) is 12.0 Å². The lowest BCUT2D eigenvalue weighted by Gasteiger charge is -2.20. The van der Waals surface area contributed by atoms with Crippen LogP contribution in [0.1, 0.15) is 39.4 Å². The highest BCUT2D eigenvalue weighted by Gasteiger charge is 2.28. The summed E-state index contributed by atoms with van der Waals surface area (Å²) < 4.78 is 30.2. The van der Waals surface area contributed by atoms with Gasteiger partial charge in [0.1, 0.15) is 5.82 Å². The number of nitrogens with zero attached hydrogens (tertiary/aromatic N) is 2. The summed E-state index contributed by atoms with van der Waals surface area (Å²) in [4.78, 5) is 5.11. The van der Waals surface area contributed by atoms with Crippen molar-refractivity contribution in [2.45, 2.75) is 50.5 Å². The lowest BCUT2D eigenvalue weighted by atomic mass is 9.95. The number of aromatic nitrogens is 2. The molecule has 0 radical (unpaired) electrons. The molecule has 142 valence electrons. The molecule has 1 heterocycles. The highest BCUT2D eigenvalue weighted by atomic mass is 32.2. The largest absolute Gasteiger partial charge is 0.327 e. The molecule has 1 saturated carbocycles. The van der Waals surface area contributed by atoms with Crippen LogP contribution in [-0.2, 0) is 22.0 Å². The van der Waals surface area contributed by atoms with Crippen LogP contribution in [0.2, 0.25) is 0 Å². The second kappa shape index (κ2) is 6.37. The number of sulfonamides is 1. The average molecular weight is 384 g/mol. The maximum absolute atomic E-state index is 12.6. The first-order chi connectivity index (χ1) is 12.7. The zero-order valence-electron chi connectivity index (χ0n) is 15.9. The summed E-state index contributed by atoms with van der Waals surface area (Å²) in [6.45, 7) is 7.47. The number of nitrogens with one attached hydrogen (secondary N) is 1. The standard InChI is InChI=1S/C21H25N3O2S/c1-21(2,3)20-22-18-13-16(11-12-19(18)24(20)14-15-9-10-15)23-27(25,26)17-7-5-4-6-8-17/h4-8,11-13,15,23H,9-10,14H2,1-3H3. The van der Waals surface area contributed by atoms with Gasteiger partial charge in [-0.25, -0.2) is 13.4 Å². The van der Waals surface area contributed by atoms with Crippen LogP contribution in [0.15, 0.2) is 53.4 Å². The fourth-order valence-corrected chi connectivity index (χ4v) is 4.39. The molecular formula is C21H25N3O2S. The Morgan fingerprint density at radius 3 is 2.44 bits per heavy atom. The van der Waals surface area contributed by atoms with E-state index in [9.17, 15) is 8.42 Å². The molecule has 5 nitrogen and oxygen atoms in total. The summed E-state index contributed by atoms with van der Waals surface area (Å²) in [7, 11) is -3.61. The van der Waals surface area contributed by atoms with E-state index in [0.717, 1.165) is 29.3 Å². The molecule has 6 heteroatoms. The van der Waals surface area contributed by atoms with Crippen LogP contribution in [0.3, 0.4) is 0 Å². The van der Waals surface area contributed by atoms with Gasteiger partial charge in [-0.05, 0) is 49.1 Å². The topological polar surface area (TPSA) is 64.0 Å². The molecule has 2 aromatic carbocycles. The van der Waals surface area contributed by atoms with E-state index in [2.05, 4.69) is 30.1 Å². The van der Waals surface area contributed by atoms with Gasteiger partial charge in [-0.15, -0.1) is 0 Å². The molecule has 0 spiro atoms. The summed E-state index contributed by atoms with van der Waals surface area (Å²) in [5.41, 5.74) is 2.35. The SMILES string of the molecule is CC(C)(C)c1nc2cc(NS(=O)(=O)c3ccccc3)ccc2n1CC1CC1. The Morgan fingerprint density at radius 2 is 1.81 bits per heavy atom. The van der Waals surface area contributed by atoms with Crippen LogP contribution >= 0.6 is 0 Å². The summed E-state index contributed by atoms with van der Waals surface area (Å²) in [5.74, 6) is 1.78. The van der Waals surface area contributed by atoms with E-state index in [1.807, 2.05) is 18.2 Å². The van der Waals surface area contributed by atoms with Crippen molar-refractivity contribution in [3.63, 3.8) is 0 Å². The number of hydrogen-bond acceptors (Lipinski definition) is 3. The molecule has 4 rings (SSSR count). The first-order valence-electron chi connectivity index (χ1n) is 9.33. The maximum atomic E-state index is 12.6. The number of anilines is 1. The minimum absolute atomic E-state index is 0.0718. The lowest BCUT2D eigenvalue weighted by Crippen LogP contribution is -2.19. The summed E-state index contributed by atoms with van der Waals surface area (Å²) >= 11 is 0. The molecule has 27 heavy (non-hydrogen) atoms. The van der Waals surface area contributed by atoms with Crippen LogP contribution in [0.5, 0.6) is 0 Å². The first kappa shape index (κ1) is 18.0. The van der Waals surface area contributed by atoms with E-state index in [1.54, 1.807) is 30.3 Å². The molecule has 3 aromatic rings. The lowest BCUT2D eigenvalue weighted by molar-refractivity contribution is 0.491. The number of benzene rings is 2. The molecule has 1 aliphatic carbocycles. The van der Waals surface area contributed by atoms with Gasteiger partial charge in [-0.2, -0.15) is 0 Å². The second-order valence-electron chi connectivity index (χ2n) is 8.36. The van der Waals surface area contributed by atoms with Crippen molar-refractivity contribution in [2.75, 3.05) is 4.72 Å². The molecule has 0 bridgehead atoms. The normalized spacial score (nSPS) is 15.2. The van der Waals surface area contributed by atoms with Crippen LogP contribution in [0.25, 0.3) is 11.0 Å². The molecule has 0 atom stereocenters. The Balaban J connectivity index is 1.72. The second-order valence-corrected chi connectivity index (χ2v) is 10.0. The van der Waals surface area contributed by atoms with Gasteiger partial charge in [0.15, 0.2) is 0 Å². The van der Waals surface area contributed by atoms with Crippen LogP contribution in [0, 0.1) is 5.92 Å². The van der Waals surface area contributed by atoms with Crippen molar-refractivity contribution in [3.8, 4) is 0 Å². The summed E-state index contributed by atoms with van der Waals surface area (Å²) in [5, 5.41) is 0. The molecule has 1 aromatic heterocycles. The minimum atomic E-state index is -3.61. The predicted molar refractivity (Wildman–Crippen MR) is 108 cm³/mol. The number of rotatable bonds is 5. The van der Waals surface area contributed by atoms with Crippen molar-refractivity contribution in [1.82, 2.24) is 9.55 Å². The third-order valence-corrected chi connectivity index (χ3v) is 6.26. The molecule has 0 saturated heterocycles. The third-order valence-electron chi connectivity index (χ3n) is 4.86. The zero-order chi connectivity index (χ0) is 19.2. The highest BCUT2D eigenvalue weighted by Crippen LogP contribution is 2.35. The molecule has 1 aliphatic rings. The van der Waals surface area contributed by atoms with Crippen molar-refractivity contribution < 1.29 is 8.42 Å². The van der Waals surface area contributed by atoms with Gasteiger partial charge in [0.2, 0.25) is 0 Å². The van der Waals surface area contributed by atoms with Crippen molar-refractivity contribution in [3.05, 3.63) is 54.4 Å². The molecule has 1 fully saturated rings. The predicted octanol–water partition coefficient (Wildman–Crippen LogP) is 4.54. The number of imidazole rings is 1.